The zero-order valence-electron chi connectivity index (χ0n) is 6.82. The predicted octanol–water partition coefficient (Wildman–Crippen LogP) is -0.535. The highest BCUT2D eigenvalue weighted by molar-refractivity contribution is 5.50. The van der Waals surface area contributed by atoms with Crippen LogP contribution in [-0.2, 0) is 4.79 Å². The van der Waals surface area contributed by atoms with Crippen LogP contribution >= 0.6 is 0 Å². The molecule has 0 rings (SSSR count). The normalized spacial score (nSPS) is 16.5. The molecule has 0 spiro atoms. The third-order valence-electron chi connectivity index (χ3n) is 1.43. The van der Waals surface area contributed by atoms with Crippen LogP contribution in [0.2, 0.25) is 0 Å². The molecule has 4 nitrogen and oxygen atoms in total. The molecule has 0 heterocycles. The first-order valence-corrected chi connectivity index (χ1v) is 3.56. The van der Waals surface area contributed by atoms with Crippen LogP contribution in [0.1, 0.15) is 20.3 Å². The van der Waals surface area contributed by atoms with E-state index < -0.39 is 12.5 Å². The fraction of sp³-hybridized carbons (Fsp3) is 0.857. The lowest BCUT2D eigenvalue weighted by molar-refractivity contribution is -0.0822. The first kappa shape index (κ1) is 10.6. The Kier molecular flexibility index (Phi) is 5.02. The van der Waals surface area contributed by atoms with Gasteiger partial charge in [0.05, 0.1) is 0 Å². The molecule has 1 radical (unpaired) electrons. The largest absolute Gasteiger partial charge is 0.379 e. The minimum absolute atomic E-state index is 0.204. The minimum atomic E-state index is -0.733. The predicted molar refractivity (Wildman–Crippen MR) is 40.4 cm³/mol. The van der Waals surface area contributed by atoms with Gasteiger partial charge in [0.2, 0.25) is 0 Å². The molecule has 0 aromatic rings. The Labute approximate surface area is 66.4 Å². The molecule has 2 N–H and O–H groups in total. The quantitative estimate of drug-likeness (QED) is 0.530. The number of rotatable bonds is 5. The summed E-state index contributed by atoms with van der Waals surface area (Å²) in [6, 6.07) is 0. The second kappa shape index (κ2) is 5.23. The first-order valence-electron chi connectivity index (χ1n) is 3.56. The molecule has 0 aliphatic heterocycles. The van der Waals surface area contributed by atoms with Crippen LogP contribution in [0.25, 0.3) is 0 Å². The van der Waals surface area contributed by atoms with E-state index in [1.54, 1.807) is 6.29 Å². The van der Waals surface area contributed by atoms with Crippen molar-refractivity contribution in [2.75, 3.05) is 6.54 Å². The van der Waals surface area contributed by atoms with E-state index in [4.69, 9.17) is 10.2 Å². The third kappa shape index (κ3) is 4.08. The van der Waals surface area contributed by atoms with Crippen LogP contribution < -0.4 is 0 Å². The summed E-state index contributed by atoms with van der Waals surface area (Å²) in [4.78, 5) is 11.2. The Morgan fingerprint density at radius 2 is 1.82 bits per heavy atom. The number of aliphatic hydroxyl groups excluding tert-OH is 2. The summed E-state index contributed by atoms with van der Waals surface area (Å²) in [6.45, 7) is 3.41. The monoisotopic (exact) mass is 160 g/mol. The SMILES string of the molecule is CC(O)N(CC[C]=O)C(C)O. The van der Waals surface area contributed by atoms with Gasteiger partial charge in [0, 0.05) is 13.0 Å². The molecule has 0 amide bonds. The van der Waals surface area contributed by atoms with Gasteiger partial charge in [-0.2, -0.15) is 0 Å². The van der Waals surface area contributed by atoms with Gasteiger partial charge in [-0.3, -0.25) is 9.69 Å². The van der Waals surface area contributed by atoms with Gasteiger partial charge < -0.3 is 10.2 Å². The number of hydrogen-bond acceptors (Lipinski definition) is 4. The van der Waals surface area contributed by atoms with Gasteiger partial charge in [-0.25, -0.2) is 0 Å². The molecule has 0 aliphatic rings. The molecule has 65 valence electrons. The lowest BCUT2D eigenvalue weighted by Gasteiger charge is -2.26. The zero-order valence-corrected chi connectivity index (χ0v) is 6.82. The highest BCUT2D eigenvalue weighted by Crippen LogP contribution is 2.00. The van der Waals surface area contributed by atoms with Crippen LogP contribution in [0.15, 0.2) is 0 Å². The number of hydrogen-bond donors (Lipinski definition) is 2. The number of carbonyl (C=O) groups excluding carboxylic acids is 1. The molecule has 0 aromatic carbocycles. The van der Waals surface area contributed by atoms with E-state index in [0.717, 1.165) is 0 Å². The number of nitrogens with zero attached hydrogens (tertiary/aromatic N) is 1. The summed E-state index contributed by atoms with van der Waals surface area (Å²) >= 11 is 0. The van der Waals surface area contributed by atoms with Crippen LogP contribution in [0.5, 0.6) is 0 Å². The molecule has 0 bridgehead atoms. The van der Waals surface area contributed by atoms with Gasteiger partial charge in [0.1, 0.15) is 12.5 Å². The maximum atomic E-state index is 9.84. The van der Waals surface area contributed by atoms with E-state index in [9.17, 15) is 4.79 Å². The Morgan fingerprint density at radius 1 is 1.36 bits per heavy atom. The molecule has 0 saturated heterocycles. The molecule has 0 aromatic heterocycles. The van der Waals surface area contributed by atoms with E-state index >= 15 is 0 Å². The lowest BCUT2D eigenvalue weighted by Crippen LogP contribution is -2.40. The van der Waals surface area contributed by atoms with E-state index in [2.05, 4.69) is 0 Å². The highest BCUT2D eigenvalue weighted by Gasteiger charge is 2.14. The molecular weight excluding hydrogens is 146 g/mol. The first-order chi connectivity index (χ1) is 5.09. The summed E-state index contributed by atoms with van der Waals surface area (Å²) in [5.74, 6) is 0. The highest BCUT2D eigenvalue weighted by atomic mass is 16.3. The van der Waals surface area contributed by atoms with Crippen LogP contribution in [0, 0.1) is 0 Å². The second-order valence-electron chi connectivity index (χ2n) is 2.40. The van der Waals surface area contributed by atoms with Gasteiger partial charge in [-0.15, -0.1) is 0 Å². The average molecular weight is 160 g/mol. The standard InChI is InChI=1S/C7H14NO3/c1-6(10)8(7(2)11)4-3-5-9/h6-7,10-11H,3-4H2,1-2H3. The van der Waals surface area contributed by atoms with Crippen molar-refractivity contribution in [2.45, 2.75) is 32.7 Å². The Hall–Kier alpha value is -0.450. The van der Waals surface area contributed by atoms with Crippen LogP contribution in [-0.4, -0.2) is 40.4 Å². The second-order valence-corrected chi connectivity index (χ2v) is 2.40. The minimum Gasteiger partial charge on any atom is -0.379 e. The van der Waals surface area contributed by atoms with E-state index in [1.165, 1.54) is 18.7 Å². The fourth-order valence-corrected chi connectivity index (χ4v) is 0.861. The van der Waals surface area contributed by atoms with Crippen molar-refractivity contribution >= 4 is 6.29 Å². The third-order valence-corrected chi connectivity index (χ3v) is 1.43. The maximum absolute atomic E-state index is 9.84. The van der Waals surface area contributed by atoms with E-state index in [1.807, 2.05) is 0 Å². The van der Waals surface area contributed by atoms with Crippen molar-refractivity contribution in [3.8, 4) is 0 Å². The zero-order chi connectivity index (χ0) is 8.85. The Morgan fingerprint density at radius 3 is 2.09 bits per heavy atom. The van der Waals surface area contributed by atoms with Crippen molar-refractivity contribution in [3.63, 3.8) is 0 Å². The fourth-order valence-electron chi connectivity index (χ4n) is 0.861. The lowest BCUT2D eigenvalue weighted by atomic mass is 10.3. The Bertz CT molecular complexity index is 106. The number of aliphatic hydroxyl groups is 2. The van der Waals surface area contributed by atoms with Gasteiger partial charge >= 0.3 is 0 Å². The van der Waals surface area contributed by atoms with Crippen molar-refractivity contribution in [1.29, 1.82) is 0 Å². The Balaban J connectivity index is 3.79. The molecule has 0 fully saturated rings. The summed E-state index contributed by atoms with van der Waals surface area (Å²) in [6.07, 6.45) is 0.432. The van der Waals surface area contributed by atoms with Crippen molar-refractivity contribution in [1.82, 2.24) is 4.90 Å². The molecule has 11 heavy (non-hydrogen) atoms. The van der Waals surface area contributed by atoms with E-state index in [0.29, 0.717) is 6.54 Å². The topological polar surface area (TPSA) is 60.8 Å². The molecule has 2 atom stereocenters. The molecule has 0 aliphatic carbocycles. The van der Waals surface area contributed by atoms with Gasteiger partial charge in [0.15, 0.2) is 6.29 Å². The average Bonchev–Trinajstić information content (AvgIpc) is 1.87. The molecular formula is C7H14NO3. The van der Waals surface area contributed by atoms with Crippen LogP contribution in [0.3, 0.4) is 0 Å². The summed E-state index contributed by atoms with van der Waals surface area (Å²) < 4.78 is 0. The molecule has 2 unspecified atom stereocenters. The van der Waals surface area contributed by atoms with Crippen molar-refractivity contribution in [2.24, 2.45) is 0 Å². The van der Waals surface area contributed by atoms with Gasteiger partial charge in [-0.1, -0.05) is 0 Å². The molecule has 0 saturated carbocycles. The smallest absolute Gasteiger partial charge is 0.199 e. The van der Waals surface area contributed by atoms with Crippen molar-refractivity contribution in [3.05, 3.63) is 0 Å². The van der Waals surface area contributed by atoms with E-state index in [-0.39, 0.29) is 6.42 Å². The summed E-state index contributed by atoms with van der Waals surface area (Å²) in [7, 11) is 0. The summed E-state index contributed by atoms with van der Waals surface area (Å²) in [5, 5.41) is 18.1. The van der Waals surface area contributed by atoms with Crippen molar-refractivity contribution < 1.29 is 15.0 Å². The van der Waals surface area contributed by atoms with Gasteiger partial charge in [-0.05, 0) is 13.8 Å². The summed E-state index contributed by atoms with van der Waals surface area (Å²) in [5.41, 5.74) is 0. The molecule has 4 heteroatoms. The maximum Gasteiger partial charge on any atom is 0.199 e. The van der Waals surface area contributed by atoms with Gasteiger partial charge in [0.25, 0.3) is 0 Å². The van der Waals surface area contributed by atoms with Crippen LogP contribution in [0.4, 0.5) is 0 Å².